The molecule has 7 heteroatoms. The van der Waals surface area contributed by atoms with Crippen LogP contribution in [0.25, 0.3) is 0 Å². The molecule has 4 atom stereocenters. The molecule has 1 aromatic carbocycles. The summed E-state index contributed by atoms with van der Waals surface area (Å²) in [5, 5.41) is 11.4. The quantitative estimate of drug-likeness (QED) is 0.793. The van der Waals surface area contributed by atoms with Gasteiger partial charge in [0.05, 0.1) is 30.0 Å². The summed E-state index contributed by atoms with van der Waals surface area (Å²) >= 11 is 6.55. The number of carbonyl (C=O) groups excluding carboxylic acids is 1. The second kappa shape index (κ2) is 8.65. The maximum absolute atomic E-state index is 13.2. The zero-order chi connectivity index (χ0) is 20.7. The summed E-state index contributed by atoms with van der Waals surface area (Å²) in [6, 6.07) is 5.96. The van der Waals surface area contributed by atoms with Crippen LogP contribution in [0.5, 0.6) is 0 Å². The average Bonchev–Trinajstić information content (AvgIpc) is 3.43. The first-order valence-corrected chi connectivity index (χ1v) is 11.8. The summed E-state index contributed by atoms with van der Waals surface area (Å²) in [5.74, 6) is 0.918. The van der Waals surface area contributed by atoms with Gasteiger partial charge in [0.25, 0.3) is 5.91 Å². The van der Waals surface area contributed by atoms with E-state index in [2.05, 4.69) is 9.80 Å². The molecule has 1 amide bonds. The van der Waals surface area contributed by atoms with Crippen LogP contribution in [-0.4, -0.2) is 85.4 Å². The Labute approximate surface area is 183 Å². The smallest absolute Gasteiger partial charge is 0.253 e. The highest BCUT2D eigenvalue weighted by molar-refractivity contribution is 6.33. The van der Waals surface area contributed by atoms with Gasteiger partial charge in [0.1, 0.15) is 0 Å². The second-order valence-electron chi connectivity index (χ2n) is 9.35. The number of rotatable bonds is 3. The number of likely N-dealkylation sites (tertiary alicyclic amines) is 1. The van der Waals surface area contributed by atoms with Crippen LogP contribution in [0.15, 0.2) is 18.2 Å². The van der Waals surface area contributed by atoms with E-state index in [1.807, 2.05) is 23.1 Å². The molecule has 1 aromatic rings. The molecule has 0 unspecified atom stereocenters. The van der Waals surface area contributed by atoms with Gasteiger partial charge in [-0.05, 0) is 55.7 Å². The summed E-state index contributed by atoms with van der Waals surface area (Å²) < 4.78 is 5.47. The lowest BCUT2D eigenvalue weighted by Gasteiger charge is -2.43. The SMILES string of the molecule is O=C(c1ccc(N2CCCC2)c(Cl)c1)N1C[C@H]2C[C@@H](N3CCOCC3)[C@H](O)C[C@H]2C1. The topological polar surface area (TPSA) is 56.3 Å². The van der Waals surface area contributed by atoms with Gasteiger partial charge < -0.3 is 19.6 Å². The monoisotopic (exact) mass is 433 g/mol. The van der Waals surface area contributed by atoms with E-state index in [4.69, 9.17) is 16.3 Å². The summed E-state index contributed by atoms with van der Waals surface area (Å²) in [6.45, 7) is 6.87. The minimum Gasteiger partial charge on any atom is -0.391 e. The Morgan fingerprint density at radius 2 is 1.73 bits per heavy atom. The zero-order valence-corrected chi connectivity index (χ0v) is 18.3. The molecule has 0 aromatic heterocycles. The Balaban J connectivity index is 1.25. The van der Waals surface area contributed by atoms with Crippen LogP contribution < -0.4 is 4.90 Å². The number of carbonyl (C=O) groups is 1. The van der Waals surface area contributed by atoms with Crippen molar-refractivity contribution in [2.24, 2.45) is 11.8 Å². The third kappa shape index (κ3) is 3.95. The van der Waals surface area contributed by atoms with Crippen LogP contribution in [0, 0.1) is 11.8 Å². The van der Waals surface area contributed by atoms with Gasteiger partial charge >= 0.3 is 0 Å². The van der Waals surface area contributed by atoms with E-state index in [1.165, 1.54) is 12.8 Å². The third-order valence-corrected chi connectivity index (χ3v) is 7.86. The van der Waals surface area contributed by atoms with Crippen molar-refractivity contribution in [1.29, 1.82) is 0 Å². The largest absolute Gasteiger partial charge is 0.391 e. The molecule has 5 rings (SSSR count). The fourth-order valence-electron chi connectivity index (χ4n) is 5.91. The minimum atomic E-state index is -0.311. The predicted octanol–water partition coefficient (Wildman–Crippen LogP) is 2.48. The summed E-state index contributed by atoms with van der Waals surface area (Å²) in [6.07, 6.45) is 3.83. The number of amides is 1. The number of hydrogen-bond acceptors (Lipinski definition) is 5. The van der Waals surface area contributed by atoms with Gasteiger partial charge in [0.2, 0.25) is 0 Å². The Morgan fingerprint density at radius 1 is 1.03 bits per heavy atom. The van der Waals surface area contributed by atoms with Gasteiger partial charge in [0, 0.05) is 50.9 Å². The molecular formula is C23H32ClN3O3. The number of benzene rings is 1. The van der Waals surface area contributed by atoms with E-state index in [0.717, 1.165) is 71.0 Å². The molecule has 0 bridgehead atoms. The second-order valence-corrected chi connectivity index (χ2v) is 9.75. The lowest BCUT2D eigenvalue weighted by molar-refractivity contribution is -0.0520. The summed E-state index contributed by atoms with van der Waals surface area (Å²) in [5.41, 5.74) is 1.71. The Kier molecular flexibility index (Phi) is 5.93. The summed E-state index contributed by atoms with van der Waals surface area (Å²) in [7, 11) is 0. The van der Waals surface area contributed by atoms with Crippen molar-refractivity contribution in [1.82, 2.24) is 9.80 Å². The van der Waals surface area contributed by atoms with E-state index in [1.54, 1.807) is 0 Å². The van der Waals surface area contributed by atoms with E-state index >= 15 is 0 Å². The maximum Gasteiger partial charge on any atom is 0.253 e. The standard InChI is InChI=1S/C23H32ClN3O3/c24-19-11-16(3-4-20(19)25-5-1-2-6-25)23(29)27-14-17-12-21(22(28)13-18(17)15-27)26-7-9-30-10-8-26/h3-4,11,17-18,21-22,28H,1-2,5-10,12-15H2/t17-,18+,21-,22-/m1/s1. The Bertz CT molecular complexity index is 779. The van der Waals surface area contributed by atoms with Gasteiger partial charge in [-0.15, -0.1) is 0 Å². The maximum atomic E-state index is 13.2. The van der Waals surface area contributed by atoms with Crippen LogP contribution in [0.3, 0.4) is 0 Å². The van der Waals surface area contributed by atoms with Gasteiger partial charge in [-0.3, -0.25) is 9.69 Å². The number of ether oxygens (including phenoxy) is 1. The number of fused-ring (bicyclic) bond motifs is 1. The van der Waals surface area contributed by atoms with E-state index < -0.39 is 0 Å². The van der Waals surface area contributed by atoms with Crippen molar-refractivity contribution in [2.75, 3.05) is 57.4 Å². The molecule has 0 radical (unpaired) electrons. The van der Waals surface area contributed by atoms with Crippen LogP contribution in [0.2, 0.25) is 5.02 Å². The number of aliphatic hydroxyl groups excluding tert-OH is 1. The van der Waals surface area contributed by atoms with Gasteiger partial charge in [-0.2, -0.15) is 0 Å². The lowest BCUT2D eigenvalue weighted by atomic mass is 9.77. The van der Waals surface area contributed by atoms with Crippen LogP contribution in [-0.2, 0) is 4.74 Å². The molecule has 1 saturated carbocycles. The number of hydrogen-bond donors (Lipinski definition) is 1. The van der Waals surface area contributed by atoms with Crippen LogP contribution in [0.4, 0.5) is 5.69 Å². The van der Waals surface area contributed by atoms with Gasteiger partial charge in [-0.25, -0.2) is 0 Å². The van der Waals surface area contributed by atoms with Crippen LogP contribution >= 0.6 is 11.6 Å². The number of morpholine rings is 1. The van der Waals surface area contributed by atoms with Crippen molar-refractivity contribution in [3.8, 4) is 0 Å². The molecule has 4 fully saturated rings. The highest BCUT2D eigenvalue weighted by Gasteiger charge is 2.44. The molecule has 3 saturated heterocycles. The predicted molar refractivity (Wildman–Crippen MR) is 117 cm³/mol. The Morgan fingerprint density at radius 3 is 2.43 bits per heavy atom. The van der Waals surface area contributed by atoms with Gasteiger partial charge in [0.15, 0.2) is 0 Å². The van der Waals surface area contributed by atoms with Crippen molar-refractivity contribution in [3.63, 3.8) is 0 Å². The molecular weight excluding hydrogens is 402 g/mol. The minimum absolute atomic E-state index is 0.0664. The van der Waals surface area contributed by atoms with Crippen molar-refractivity contribution in [3.05, 3.63) is 28.8 Å². The number of halogens is 1. The molecule has 30 heavy (non-hydrogen) atoms. The molecule has 164 valence electrons. The van der Waals surface area contributed by atoms with Crippen molar-refractivity contribution in [2.45, 2.75) is 37.8 Å². The average molecular weight is 434 g/mol. The van der Waals surface area contributed by atoms with E-state index in [9.17, 15) is 9.90 Å². The highest BCUT2D eigenvalue weighted by atomic mass is 35.5. The highest BCUT2D eigenvalue weighted by Crippen LogP contribution is 2.39. The molecule has 6 nitrogen and oxygen atoms in total. The first kappa shape index (κ1) is 20.6. The number of nitrogens with zero attached hydrogens (tertiary/aromatic N) is 3. The van der Waals surface area contributed by atoms with Crippen LogP contribution in [0.1, 0.15) is 36.0 Å². The third-order valence-electron chi connectivity index (χ3n) is 7.55. The molecule has 1 aliphatic carbocycles. The van der Waals surface area contributed by atoms with Crippen molar-refractivity contribution < 1.29 is 14.6 Å². The lowest BCUT2D eigenvalue weighted by Crippen LogP contribution is -2.53. The van der Waals surface area contributed by atoms with Gasteiger partial charge in [-0.1, -0.05) is 11.6 Å². The fourth-order valence-corrected chi connectivity index (χ4v) is 6.21. The Hall–Kier alpha value is -1.34. The number of anilines is 1. The molecule has 0 spiro atoms. The summed E-state index contributed by atoms with van der Waals surface area (Å²) in [4.78, 5) is 19.9. The normalized spacial score (nSPS) is 32.5. The zero-order valence-electron chi connectivity index (χ0n) is 17.5. The molecule has 1 N–H and O–H groups in total. The molecule has 4 aliphatic rings. The van der Waals surface area contributed by atoms with E-state index in [-0.39, 0.29) is 18.1 Å². The van der Waals surface area contributed by atoms with Crippen molar-refractivity contribution >= 4 is 23.2 Å². The first-order valence-electron chi connectivity index (χ1n) is 11.4. The molecule has 3 heterocycles. The number of aliphatic hydroxyl groups is 1. The first-order chi connectivity index (χ1) is 14.6. The molecule has 3 aliphatic heterocycles. The van der Waals surface area contributed by atoms with E-state index in [0.29, 0.717) is 22.4 Å². The fraction of sp³-hybridized carbons (Fsp3) is 0.696.